The van der Waals surface area contributed by atoms with Gasteiger partial charge in [0.25, 0.3) is 0 Å². The number of likely N-dealkylation sites (tertiary alicyclic amines) is 1. The summed E-state index contributed by atoms with van der Waals surface area (Å²) < 4.78 is 11.8. The molecule has 0 bridgehead atoms. The molecule has 1 saturated heterocycles. The first-order valence-corrected chi connectivity index (χ1v) is 8.49. The SMILES string of the molecule is COC(=O)C1CCCCN1CCCOc1cccc(I)c1. The van der Waals surface area contributed by atoms with Crippen molar-refractivity contribution in [3.05, 3.63) is 27.8 Å². The van der Waals surface area contributed by atoms with E-state index in [4.69, 9.17) is 9.47 Å². The molecular weight excluding hydrogens is 381 g/mol. The number of ether oxygens (including phenoxy) is 2. The monoisotopic (exact) mass is 403 g/mol. The predicted octanol–water partition coefficient (Wildman–Crippen LogP) is 3.09. The van der Waals surface area contributed by atoms with Crippen molar-refractivity contribution in [2.45, 2.75) is 31.7 Å². The second kappa shape index (κ2) is 8.58. The van der Waals surface area contributed by atoms with Gasteiger partial charge in [-0.05, 0) is 66.6 Å². The fraction of sp³-hybridized carbons (Fsp3) is 0.562. The highest BCUT2D eigenvalue weighted by molar-refractivity contribution is 14.1. The van der Waals surface area contributed by atoms with Crippen LogP contribution < -0.4 is 4.74 Å². The van der Waals surface area contributed by atoms with Crippen LogP contribution in [0.4, 0.5) is 0 Å². The number of esters is 1. The molecule has 1 aliphatic heterocycles. The van der Waals surface area contributed by atoms with Crippen LogP contribution in [0.25, 0.3) is 0 Å². The Hall–Kier alpha value is -0.820. The maximum absolute atomic E-state index is 11.8. The van der Waals surface area contributed by atoms with Crippen LogP contribution in [-0.2, 0) is 9.53 Å². The standard InChI is InChI=1S/C16H22INO3/c1-20-16(19)15-8-2-3-9-18(15)10-5-11-21-14-7-4-6-13(17)12-14/h4,6-7,12,15H,2-3,5,8-11H2,1H3. The van der Waals surface area contributed by atoms with Crippen LogP contribution in [0.1, 0.15) is 25.7 Å². The van der Waals surface area contributed by atoms with E-state index in [0.717, 1.165) is 44.5 Å². The largest absolute Gasteiger partial charge is 0.494 e. The van der Waals surface area contributed by atoms with E-state index >= 15 is 0 Å². The van der Waals surface area contributed by atoms with Gasteiger partial charge in [0, 0.05) is 10.1 Å². The Morgan fingerprint density at radius 1 is 1.43 bits per heavy atom. The Labute approximate surface area is 139 Å². The number of carbonyl (C=O) groups is 1. The molecule has 1 atom stereocenters. The van der Waals surface area contributed by atoms with Gasteiger partial charge in [0.05, 0.1) is 13.7 Å². The summed E-state index contributed by atoms with van der Waals surface area (Å²) >= 11 is 2.28. The molecule has 1 aliphatic rings. The first-order valence-electron chi connectivity index (χ1n) is 7.41. The third kappa shape index (κ3) is 5.14. The number of nitrogens with zero attached hydrogens (tertiary/aromatic N) is 1. The molecule has 0 saturated carbocycles. The Bertz CT molecular complexity index is 467. The van der Waals surface area contributed by atoms with Crippen molar-refractivity contribution < 1.29 is 14.3 Å². The van der Waals surface area contributed by atoms with E-state index in [0.29, 0.717) is 6.61 Å². The zero-order chi connectivity index (χ0) is 15.1. The number of hydrogen-bond donors (Lipinski definition) is 0. The first-order chi connectivity index (χ1) is 10.2. The van der Waals surface area contributed by atoms with Crippen LogP contribution in [0.5, 0.6) is 5.75 Å². The minimum absolute atomic E-state index is 0.0681. The van der Waals surface area contributed by atoms with Gasteiger partial charge >= 0.3 is 5.97 Å². The van der Waals surface area contributed by atoms with Crippen LogP contribution in [0.3, 0.4) is 0 Å². The van der Waals surface area contributed by atoms with Crippen LogP contribution in [0.15, 0.2) is 24.3 Å². The lowest BCUT2D eigenvalue weighted by Crippen LogP contribution is -2.45. The summed E-state index contributed by atoms with van der Waals surface area (Å²) in [5.41, 5.74) is 0. The highest BCUT2D eigenvalue weighted by Gasteiger charge is 2.28. The Morgan fingerprint density at radius 2 is 2.29 bits per heavy atom. The summed E-state index contributed by atoms with van der Waals surface area (Å²) in [4.78, 5) is 14.0. The molecule has 0 amide bonds. The van der Waals surface area contributed by atoms with E-state index in [1.165, 1.54) is 10.7 Å². The van der Waals surface area contributed by atoms with Crippen molar-refractivity contribution >= 4 is 28.6 Å². The number of hydrogen-bond acceptors (Lipinski definition) is 4. The lowest BCUT2D eigenvalue weighted by molar-refractivity contribution is -0.148. The summed E-state index contributed by atoms with van der Waals surface area (Å²) in [5.74, 6) is 0.804. The number of methoxy groups -OCH3 is 1. The Morgan fingerprint density at radius 3 is 3.05 bits per heavy atom. The second-order valence-corrected chi connectivity index (χ2v) is 6.48. The normalized spacial score (nSPS) is 19.2. The quantitative estimate of drug-likeness (QED) is 0.416. The van der Waals surface area contributed by atoms with Crippen LogP contribution >= 0.6 is 22.6 Å². The summed E-state index contributed by atoms with van der Waals surface area (Å²) in [5, 5.41) is 0. The molecule has 4 nitrogen and oxygen atoms in total. The lowest BCUT2D eigenvalue weighted by atomic mass is 10.0. The molecule has 1 aromatic rings. The molecule has 1 fully saturated rings. The maximum atomic E-state index is 11.8. The molecular formula is C16H22INO3. The van der Waals surface area contributed by atoms with Gasteiger partial charge in [0.2, 0.25) is 0 Å². The van der Waals surface area contributed by atoms with Gasteiger partial charge in [-0.3, -0.25) is 9.69 Å². The van der Waals surface area contributed by atoms with Gasteiger partial charge in [-0.2, -0.15) is 0 Å². The highest BCUT2D eigenvalue weighted by atomic mass is 127. The average molecular weight is 403 g/mol. The molecule has 0 radical (unpaired) electrons. The summed E-state index contributed by atoms with van der Waals surface area (Å²) in [6.07, 6.45) is 4.09. The van der Waals surface area contributed by atoms with E-state index < -0.39 is 0 Å². The first kappa shape index (κ1) is 16.5. The average Bonchev–Trinajstić information content (AvgIpc) is 2.51. The fourth-order valence-electron chi connectivity index (χ4n) is 2.68. The molecule has 21 heavy (non-hydrogen) atoms. The van der Waals surface area contributed by atoms with Crippen molar-refractivity contribution in [3.63, 3.8) is 0 Å². The predicted molar refractivity (Wildman–Crippen MR) is 90.5 cm³/mol. The molecule has 1 aromatic carbocycles. The van der Waals surface area contributed by atoms with Gasteiger partial charge in [-0.25, -0.2) is 0 Å². The van der Waals surface area contributed by atoms with E-state index in [1.54, 1.807) is 0 Å². The molecule has 0 aliphatic carbocycles. The molecule has 116 valence electrons. The van der Waals surface area contributed by atoms with Gasteiger partial charge < -0.3 is 9.47 Å². The van der Waals surface area contributed by atoms with Gasteiger partial charge in [-0.15, -0.1) is 0 Å². The number of benzene rings is 1. The molecule has 0 N–H and O–H groups in total. The second-order valence-electron chi connectivity index (χ2n) is 5.23. The van der Waals surface area contributed by atoms with E-state index in [1.807, 2.05) is 24.3 Å². The molecule has 0 spiro atoms. The number of halogens is 1. The van der Waals surface area contributed by atoms with Crippen LogP contribution in [0.2, 0.25) is 0 Å². The van der Waals surface area contributed by atoms with Crippen molar-refractivity contribution in [3.8, 4) is 5.75 Å². The molecule has 1 heterocycles. The molecule has 1 unspecified atom stereocenters. The Kier molecular flexibility index (Phi) is 6.76. The fourth-order valence-corrected chi connectivity index (χ4v) is 3.19. The Balaban J connectivity index is 1.75. The van der Waals surface area contributed by atoms with Crippen LogP contribution in [-0.4, -0.2) is 43.7 Å². The van der Waals surface area contributed by atoms with Crippen molar-refractivity contribution in [2.75, 3.05) is 26.8 Å². The molecule has 0 aromatic heterocycles. The van der Waals surface area contributed by atoms with E-state index in [-0.39, 0.29) is 12.0 Å². The topological polar surface area (TPSA) is 38.8 Å². The number of carbonyl (C=O) groups excluding carboxylic acids is 1. The third-order valence-electron chi connectivity index (χ3n) is 3.74. The van der Waals surface area contributed by atoms with Crippen molar-refractivity contribution in [1.82, 2.24) is 4.90 Å². The summed E-state index contributed by atoms with van der Waals surface area (Å²) in [6.45, 7) is 2.52. The van der Waals surface area contributed by atoms with E-state index in [9.17, 15) is 4.79 Å². The number of rotatable bonds is 6. The van der Waals surface area contributed by atoms with Crippen LogP contribution in [0, 0.1) is 3.57 Å². The molecule has 2 rings (SSSR count). The third-order valence-corrected chi connectivity index (χ3v) is 4.41. The van der Waals surface area contributed by atoms with Gasteiger partial charge in [-0.1, -0.05) is 12.5 Å². The lowest BCUT2D eigenvalue weighted by Gasteiger charge is -2.33. The summed E-state index contributed by atoms with van der Waals surface area (Å²) in [6, 6.07) is 7.97. The summed E-state index contributed by atoms with van der Waals surface area (Å²) in [7, 11) is 1.47. The highest BCUT2D eigenvalue weighted by Crippen LogP contribution is 2.19. The van der Waals surface area contributed by atoms with Gasteiger partial charge in [0.15, 0.2) is 0 Å². The molecule has 5 heteroatoms. The zero-order valence-electron chi connectivity index (χ0n) is 12.4. The van der Waals surface area contributed by atoms with Gasteiger partial charge in [0.1, 0.15) is 11.8 Å². The van der Waals surface area contributed by atoms with Crippen molar-refractivity contribution in [1.29, 1.82) is 0 Å². The van der Waals surface area contributed by atoms with E-state index in [2.05, 4.69) is 27.5 Å². The minimum Gasteiger partial charge on any atom is -0.494 e. The van der Waals surface area contributed by atoms with Crippen molar-refractivity contribution in [2.24, 2.45) is 0 Å². The smallest absolute Gasteiger partial charge is 0.323 e. The minimum atomic E-state index is -0.103. The number of piperidine rings is 1. The maximum Gasteiger partial charge on any atom is 0.323 e. The zero-order valence-corrected chi connectivity index (χ0v) is 14.5.